The highest BCUT2D eigenvalue weighted by atomic mass is 32.2. The van der Waals surface area contributed by atoms with E-state index in [4.69, 9.17) is 0 Å². The van der Waals surface area contributed by atoms with Gasteiger partial charge in [0.15, 0.2) is 0 Å². The van der Waals surface area contributed by atoms with Gasteiger partial charge in [0.25, 0.3) is 0 Å². The van der Waals surface area contributed by atoms with Crippen molar-refractivity contribution < 1.29 is 13.2 Å². The summed E-state index contributed by atoms with van der Waals surface area (Å²) in [6.07, 6.45) is 1.11. The summed E-state index contributed by atoms with van der Waals surface area (Å²) in [5.41, 5.74) is 4.51. The summed E-state index contributed by atoms with van der Waals surface area (Å²) >= 11 is 0. The molecule has 6 heteroatoms. The van der Waals surface area contributed by atoms with Gasteiger partial charge in [-0.2, -0.15) is 0 Å². The van der Waals surface area contributed by atoms with Gasteiger partial charge in [-0.05, 0) is 56.5 Å². The van der Waals surface area contributed by atoms with Crippen LogP contribution in [0.15, 0.2) is 42.5 Å². The Hall–Kier alpha value is -2.34. The minimum atomic E-state index is -3.58. The third-order valence-corrected chi connectivity index (χ3v) is 5.28. The Labute approximate surface area is 156 Å². The monoisotopic (exact) mass is 374 g/mol. The van der Waals surface area contributed by atoms with E-state index in [0.717, 1.165) is 32.8 Å². The van der Waals surface area contributed by atoms with Crippen molar-refractivity contribution in [3.8, 4) is 0 Å². The van der Waals surface area contributed by atoms with Crippen molar-refractivity contribution in [3.05, 3.63) is 64.7 Å². The SMILES string of the molecule is Cc1ccc([C@H](C)NC(=O)CN(c2cc(C)cc(C)c2)S(C)(=O)=O)cc1. The average Bonchev–Trinajstić information content (AvgIpc) is 2.51. The maximum absolute atomic E-state index is 12.5. The molecule has 0 heterocycles. The van der Waals surface area contributed by atoms with Crippen LogP contribution in [0.25, 0.3) is 0 Å². The van der Waals surface area contributed by atoms with Crippen molar-refractivity contribution in [2.75, 3.05) is 17.1 Å². The number of benzene rings is 2. The molecule has 140 valence electrons. The summed E-state index contributed by atoms with van der Waals surface area (Å²) in [6.45, 7) is 7.43. The van der Waals surface area contributed by atoms with Crippen molar-refractivity contribution in [2.24, 2.45) is 0 Å². The van der Waals surface area contributed by atoms with Gasteiger partial charge in [-0.1, -0.05) is 35.9 Å². The molecule has 2 rings (SSSR count). The lowest BCUT2D eigenvalue weighted by Crippen LogP contribution is -2.41. The number of nitrogens with one attached hydrogen (secondary N) is 1. The third-order valence-electron chi connectivity index (χ3n) is 4.14. The number of aryl methyl sites for hydroxylation is 3. The van der Waals surface area contributed by atoms with Crippen molar-refractivity contribution in [1.82, 2.24) is 5.32 Å². The summed E-state index contributed by atoms with van der Waals surface area (Å²) in [5.74, 6) is -0.345. The van der Waals surface area contributed by atoms with Crippen LogP contribution in [0.5, 0.6) is 0 Å². The Morgan fingerprint density at radius 1 is 1.00 bits per heavy atom. The van der Waals surface area contributed by atoms with E-state index in [2.05, 4.69) is 5.32 Å². The number of rotatable bonds is 6. The van der Waals surface area contributed by atoms with Crippen molar-refractivity contribution in [3.63, 3.8) is 0 Å². The van der Waals surface area contributed by atoms with Crippen LogP contribution in [0.2, 0.25) is 0 Å². The smallest absolute Gasteiger partial charge is 0.241 e. The summed E-state index contributed by atoms with van der Waals surface area (Å²) in [6, 6.07) is 13.2. The van der Waals surface area contributed by atoms with E-state index in [1.165, 1.54) is 0 Å². The first-order valence-corrected chi connectivity index (χ1v) is 10.3. The lowest BCUT2D eigenvalue weighted by atomic mass is 10.1. The van der Waals surface area contributed by atoms with Gasteiger partial charge in [0.05, 0.1) is 18.0 Å². The molecule has 1 amide bonds. The Morgan fingerprint density at radius 2 is 1.54 bits per heavy atom. The summed E-state index contributed by atoms with van der Waals surface area (Å²) in [5, 5.41) is 2.87. The zero-order chi connectivity index (χ0) is 19.5. The first kappa shape index (κ1) is 20.0. The van der Waals surface area contributed by atoms with E-state index < -0.39 is 10.0 Å². The van der Waals surface area contributed by atoms with Crippen LogP contribution in [0.1, 0.15) is 35.2 Å². The molecule has 5 nitrogen and oxygen atoms in total. The fraction of sp³-hybridized carbons (Fsp3) is 0.350. The van der Waals surface area contributed by atoms with Crippen molar-refractivity contribution >= 4 is 21.6 Å². The highest BCUT2D eigenvalue weighted by Crippen LogP contribution is 2.21. The molecular formula is C20H26N2O3S. The van der Waals surface area contributed by atoms with Crippen molar-refractivity contribution in [2.45, 2.75) is 33.7 Å². The van der Waals surface area contributed by atoms with Crippen LogP contribution in [-0.2, 0) is 14.8 Å². The molecule has 26 heavy (non-hydrogen) atoms. The lowest BCUT2D eigenvalue weighted by molar-refractivity contribution is -0.120. The summed E-state index contributed by atoms with van der Waals surface area (Å²) in [4.78, 5) is 12.5. The zero-order valence-electron chi connectivity index (χ0n) is 15.9. The molecule has 2 aromatic carbocycles. The van der Waals surface area contributed by atoms with Crippen LogP contribution in [0.4, 0.5) is 5.69 Å². The normalized spacial score (nSPS) is 12.5. The third kappa shape index (κ3) is 5.33. The molecular weight excluding hydrogens is 348 g/mol. The first-order chi connectivity index (χ1) is 12.1. The molecule has 0 saturated carbocycles. The first-order valence-electron chi connectivity index (χ1n) is 8.48. The van der Waals surface area contributed by atoms with Crippen LogP contribution >= 0.6 is 0 Å². The quantitative estimate of drug-likeness (QED) is 0.844. The maximum atomic E-state index is 12.5. The van der Waals surface area contributed by atoms with Gasteiger partial charge in [0.1, 0.15) is 6.54 Å². The topological polar surface area (TPSA) is 66.5 Å². The second-order valence-electron chi connectivity index (χ2n) is 6.82. The van der Waals surface area contributed by atoms with Gasteiger partial charge in [0.2, 0.25) is 15.9 Å². The number of hydrogen-bond donors (Lipinski definition) is 1. The van der Waals surface area contributed by atoms with Gasteiger partial charge < -0.3 is 5.32 Å². The van der Waals surface area contributed by atoms with E-state index >= 15 is 0 Å². The molecule has 1 N–H and O–H groups in total. The van der Waals surface area contributed by atoms with Gasteiger partial charge in [-0.25, -0.2) is 8.42 Å². The Balaban J connectivity index is 2.18. The number of nitrogens with zero attached hydrogens (tertiary/aromatic N) is 1. The van der Waals surface area contributed by atoms with Crippen LogP contribution < -0.4 is 9.62 Å². The highest BCUT2D eigenvalue weighted by Gasteiger charge is 2.22. The zero-order valence-corrected chi connectivity index (χ0v) is 16.7. The van der Waals surface area contributed by atoms with Gasteiger partial charge in [0, 0.05) is 0 Å². The molecule has 0 aliphatic carbocycles. The molecule has 0 aliphatic heterocycles. The number of carbonyl (C=O) groups excluding carboxylic acids is 1. The second kappa shape index (κ2) is 7.91. The predicted molar refractivity (Wildman–Crippen MR) is 106 cm³/mol. The summed E-state index contributed by atoms with van der Waals surface area (Å²) in [7, 11) is -3.58. The van der Waals surface area contributed by atoms with Crippen molar-refractivity contribution in [1.29, 1.82) is 0 Å². The standard InChI is InChI=1S/C20H26N2O3S/c1-14-6-8-18(9-7-14)17(4)21-20(23)13-22(26(5,24)25)19-11-15(2)10-16(3)12-19/h6-12,17H,13H2,1-5H3,(H,21,23)/t17-/m0/s1. The Bertz CT molecular complexity index is 870. The molecule has 0 aliphatic rings. The van der Waals surface area contributed by atoms with Crippen LogP contribution in [0.3, 0.4) is 0 Å². The largest absolute Gasteiger partial charge is 0.348 e. The molecule has 0 bridgehead atoms. The van der Waals surface area contributed by atoms with E-state index in [0.29, 0.717) is 5.69 Å². The number of anilines is 1. The summed E-state index contributed by atoms with van der Waals surface area (Å²) < 4.78 is 25.6. The fourth-order valence-corrected chi connectivity index (χ4v) is 3.69. The molecule has 0 saturated heterocycles. The molecule has 0 aromatic heterocycles. The maximum Gasteiger partial charge on any atom is 0.241 e. The highest BCUT2D eigenvalue weighted by molar-refractivity contribution is 7.92. The van der Waals surface area contributed by atoms with Gasteiger partial charge >= 0.3 is 0 Å². The van der Waals surface area contributed by atoms with E-state index in [9.17, 15) is 13.2 Å². The molecule has 0 fully saturated rings. The molecule has 0 unspecified atom stereocenters. The number of carbonyl (C=O) groups is 1. The van der Waals surface area contributed by atoms with E-state index in [1.807, 2.05) is 58.0 Å². The minimum absolute atomic E-state index is 0.205. The van der Waals surface area contributed by atoms with Gasteiger partial charge in [-0.3, -0.25) is 9.10 Å². The van der Waals surface area contributed by atoms with Crippen LogP contribution in [0, 0.1) is 20.8 Å². The minimum Gasteiger partial charge on any atom is -0.348 e. The van der Waals surface area contributed by atoms with Crippen LogP contribution in [-0.4, -0.2) is 27.1 Å². The molecule has 0 spiro atoms. The second-order valence-corrected chi connectivity index (χ2v) is 8.72. The average molecular weight is 375 g/mol. The number of sulfonamides is 1. The Morgan fingerprint density at radius 3 is 2.04 bits per heavy atom. The van der Waals surface area contributed by atoms with E-state index in [1.54, 1.807) is 12.1 Å². The lowest BCUT2D eigenvalue weighted by Gasteiger charge is -2.24. The number of amides is 1. The predicted octanol–water partition coefficient (Wildman–Crippen LogP) is 3.26. The molecule has 0 radical (unpaired) electrons. The molecule has 2 aromatic rings. The fourth-order valence-electron chi connectivity index (χ4n) is 2.85. The number of hydrogen-bond acceptors (Lipinski definition) is 3. The molecule has 1 atom stereocenters. The Kier molecular flexibility index (Phi) is 6.08. The van der Waals surface area contributed by atoms with Gasteiger partial charge in [-0.15, -0.1) is 0 Å². The van der Waals surface area contributed by atoms with E-state index in [-0.39, 0.29) is 18.5 Å².